The Balaban J connectivity index is 2.79. The lowest BCUT2D eigenvalue weighted by Gasteiger charge is -2.15. The molecule has 0 unspecified atom stereocenters. The second-order valence-corrected chi connectivity index (χ2v) is 6.25. The molecule has 0 aliphatic carbocycles. The number of hydrogen-bond acceptors (Lipinski definition) is 4. The highest BCUT2D eigenvalue weighted by molar-refractivity contribution is 5.93. The Bertz CT molecular complexity index is 488. The van der Waals surface area contributed by atoms with E-state index in [0.29, 0.717) is 12.2 Å². The number of amides is 1. The van der Waals surface area contributed by atoms with Gasteiger partial charge in [0.25, 0.3) is 5.91 Å². The third-order valence-corrected chi connectivity index (χ3v) is 2.71. The van der Waals surface area contributed by atoms with E-state index in [4.69, 9.17) is 5.11 Å². The molecular formula is C13H22N4O3. The molecule has 0 bridgehead atoms. The van der Waals surface area contributed by atoms with E-state index >= 15 is 0 Å². The van der Waals surface area contributed by atoms with Gasteiger partial charge in [0.1, 0.15) is 11.9 Å². The number of aromatic nitrogens is 3. The maximum atomic E-state index is 12.0. The van der Waals surface area contributed by atoms with Crippen LogP contribution in [-0.2, 0) is 10.2 Å². The average Bonchev–Trinajstić information content (AvgIpc) is 2.75. The molecule has 1 heterocycles. The van der Waals surface area contributed by atoms with Crippen molar-refractivity contribution in [2.75, 3.05) is 0 Å². The van der Waals surface area contributed by atoms with Gasteiger partial charge in [0.2, 0.25) is 5.82 Å². The van der Waals surface area contributed by atoms with Crippen LogP contribution in [0.1, 0.15) is 57.5 Å². The summed E-state index contributed by atoms with van der Waals surface area (Å²) in [5.41, 5.74) is -0.254. The number of hydrogen-bond donors (Lipinski definition) is 3. The van der Waals surface area contributed by atoms with Gasteiger partial charge in [0.05, 0.1) is 0 Å². The van der Waals surface area contributed by atoms with Gasteiger partial charge in [0, 0.05) is 5.41 Å². The van der Waals surface area contributed by atoms with Crippen molar-refractivity contribution in [3.05, 3.63) is 11.6 Å². The van der Waals surface area contributed by atoms with Crippen LogP contribution in [0.2, 0.25) is 0 Å². The van der Waals surface area contributed by atoms with Crippen LogP contribution in [0.5, 0.6) is 0 Å². The van der Waals surface area contributed by atoms with Gasteiger partial charge >= 0.3 is 5.97 Å². The lowest BCUT2D eigenvalue weighted by Crippen LogP contribution is -2.42. The highest BCUT2D eigenvalue weighted by Gasteiger charge is 2.25. The van der Waals surface area contributed by atoms with Crippen molar-refractivity contribution in [2.45, 2.75) is 52.5 Å². The highest BCUT2D eigenvalue weighted by Crippen LogP contribution is 2.17. The number of carbonyl (C=O) groups excluding carboxylic acids is 1. The molecule has 112 valence electrons. The Hall–Kier alpha value is -1.92. The third-order valence-electron chi connectivity index (χ3n) is 2.71. The third kappa shape index (κ3) is 4.32. The van der Waals surface area contributed by atoms with E-state index in [1.54, 1.807) is 0 Å². The molecule has 1 amide bonds. The number of carbonyl (C=O) groups is 2. The molecule has 0 fully saturated rings. The number of carboxylic acids is 1. The second-order valence-electron chi connectivity index (χ2n) is 6.25. The fraction of sp³-hybridized carbons (Fsp3) is 0.692. The first-order valence-corrected chi connectivity index (χ1v) is 6.57. The molecule has 7 nitrogen and oxygen atoms in total. The minimum atomic E-state index is -1.06. The van der Waals surface area contributed by atoms with Crippen LogP contribution in [0.25, 0.3) is 0 Å². The number of nitrogens with one attached hydrogen (secondary N) is 2. The Labute approximate surface area is 118 Å². The monoisotopic (exact) mass is 282 g/mol. The van der Waals surface area contributed by atoms with Crippen LogP contribution in [0.3, 0.4) is 0 Å². The van der Waals surface area contributed by atoms with Crippen molar-refractivity contribution in [1.29, 1.82) is 0 Å². The summed E-state index contributed by atoms with van der Waals surface area (Å²) >= 11 is 0. The van der Waals surface area contributed by atoms with E-state index in [-0.39, 0.29) is 17.2 Å². The summed E-state index contributed by atoms with van der Waals surface area (Å²) in [5.74, 6) is -0.930. The maximum absolute atomic E-state index is 12.0. The molecule has 1 aromatic rings. The number of nitrogens with zero attached hydrogens (tertiary/aromatic N) is 2. The van der Waals surface area contributed by atoms with Crippen molar-refractivity contribution in [1.82, 2.24) is 20.5 Å². The molecule has 0 aliphatic rings. The van der Waals surface area contributed by atoms with E-state index in [2.05, 4.69) is 20.5 Å². The molecule has 20 heavy (non-hydrogen) atoms. The lowest BCUT2D eigenvalue weighted by atomic mass is 9.96. The largest absolute Gasteiger partial charge is 0.480 e. The molecule has 1 atom stereocenters. The number of aliphatic carboxylic acids is 1. The van der Waals surface area contributed by atoms with E-state index in [1.807, 2.05) is 34.6 Å². The minimum Gasteiger partial charge on any atom is -0.480 e. The van der Waals surface area contributed by atoms with Crippen LogP contribution < -0.4 is 5.32 Å². The lowest BCUT2D eigenvalue weighted by molar-refractivity contribution is -0.139. The van der Waals surface area contributed by atoms with Gasteiger partial charge in [-0.2, -0.15) is 0 Å². The van der Waals surface area contributed by atoms with Crippen molar-refractivity contribution >= 4 is 11.9 Å². The summed E-state index contributed by atoms with van der Waals surface area (Å²) in [6.45, 7) is 9.61. The molecule has 0 saturated carbocycles. The molecule has 0 radical (unpaired) electrons. The Morgan fingerprint density at radius 2 is 1.95 bits per heavy atom. The predicted molar refractivity (Wildman–Crippen MR) is 73.4 cm³/mol. The maximum Gasteiger partial charge on any atom is 0.326 e. The molecule has 0 aliphatic heterocycles. The smallest absolute Gasteiger partial charge is 0.326 e. The standard InChI is InChI=1S/C13H22N4O3/c1-7(2)6-8(11(19)20)14-10(18)9-15-12(17-16-9)13(3,4)5/h7-8H,6H2,1-5H3,(H,14,18)(H,19,20)(H,15,16,17)/t8-/m0/s1. The van der Waals surface area contributed by atoms with Crippen LogP contribution in [0, 0.1) is 5.92 Å². The fourth-order valence-electron chi connectivity index (χ4n) is 1.61. The van der Waals surface area contributed by atoms with Gasteiger partial charge in [0.15, 0.2) is 0 Å². The number of H-pyrrole nitrogens is 1. The van der Waals surface area contributed by atoms with Gasteiger partial charge in [-0.3, -0.25) is 9.89 Å². The normalized spacial score (nSPS) is 13.3. The van der Waals surface area contributed by atoms with E-state index in [9.17, 15) is 9.59 Å². The molecule has 3 N–H and O–H groups in total. The van der Waals surface area contributed by atoms with Crippen LogP contribution in [0.4, 0.5) is 0 Å². The Kier molecular flexibility index (Phi) is 4.86. The summed E-state index contributed by atoms with van der Waals surface area (Å²) in [7, 11) is 0. The number of aromatic amines is 1. The fourth-order valence-corrected chi connectivity index (χ4v) is 1.61. The van der Waals surface area contributed by atoms with Crippen molar-refractivity contribution in [3.63, 3.8) is 0 Å². The first-order valence-electron chi connectivity index (χ1n) is 6.57. The van der Waals surface area contributed by atoms with Crippen LogP contribution in [0.15, 0.2) is 0 Å². The molecule has 1 aromatic heterocycles. The van der Waals surface area contributed by atoms with Gasteiger partial charge < -0.3 is 10.4 Å². The molecule has 0 spiro atoms. The van der Waals surface area contributed by atoms with Crippen molar-refractivity contribution in [2.24, 2.45) is 5.92 Å². The SMILES string of the molecule is CC(C)C[C@H](NC(=O)c1n[nH]c(C(C)(C)C)n1)C(=O)O. The highest BCUT2D eigenvalue weighted by atomic mass is 16.4. The number of rotatable bonds is 5. The van der Waals surface area contributed by atoms with Crippen molar-refractivity contribution in [3.8, 4) is 0 Å². The van der Waals surface area contributed by atoms with E-state index in [0.717, 1.165) is 0 Å². The van der Waals surface area contributed by atoms with Gasteiger partial charge in [-0.25, -0.2) is 9.78 Å². The van der Waals surface area contributed by atoms with Gasteiger partial charge in [-0.1, -0.05) is 34.6 Å². The molecule has 0 aromatic carbocycles. The zero-order chi connectivity index (χ0) is 15.5. The summed E-state index contributed by atoms with van der Waals surface area (Å²) in [4.78, 5) is 27.2. The quantitative estimate of drug-likeness (QED) is 0.755. The average molecular weight is 282 g/mol. The predicted octanol–water partition coefficient (Wildman–Crippen LogP) is 1.33. The summed E-state index contributed by atoms with van der Waals surface area (Å²) in [5, 5.41) is 18.1. The second kappa shape index (κ2) is 6.02. The zero-order valence-electron chi connectivity index (χ0n) is 12.5. The molecular weight excluding hydrogens is 260 g/mol. The summed E-state index contributed by atoms with van der Waals surface area (Å²) in [6.07, 6.45) is 0.359. The Morgan fingerprint density at radius 1 is 1.35 bits per heavy atom. The first kappa shape index (κ1) is 16.1. The summed E-state index contributed by atoms with van der Waals surface area (Å²) < 4.78 is 0. The van der Waals surface area contributed by atoms with Gasteiger partial charge in [-0.15, -0.1) is 5.10 Å². The van der Waals surface area contributed by atoms with Crippen molar-refractivity contribution < 1.29 is 14.7 Å². The molecule has 0 saturated heterocycles. The minimum absolute atomic E-state index is 0.0371. The molecule has 1 rings (SSSR count). The first-order chi connectivity index (χ1) is 9.11. The molecule has 7 heteroatoms. The van der Waals surface area contributed by atoms with E-state index in [1.165, 1.54) is 0 Å². The Morgan fingerprint density at radius 3 is 2.35 bits per heavy atom. The van der Waals surface area contributed by atoms with Crippen LogP contribution >= 0.6 is 0 Å². The van der Waals surface area contributed by atoms with Gasteiger partial charge in [-0.05, 0) is 12.3 Å². The number of carboxylic acid groups (broad SMARTS) is 1. The van der Waals surface area contributed by atoms with E-state index < -0.39 is 17.9 Å². The summed E-state index contributed by atoms with van der Waals surface area (Å²) in [6, 6.07) is -0.931. The topological polar surface area (TPSA) is 108 Å². The van der Waals surface area contributed by atoms with Crippen LogP contribution in [-0.4, -0.2) is 38.2 Å². The zero-order valence-corrected chi connectivity index (χ0v) is 12.5.